The van der Waals surface area contributed by atoms with Crippen LogP contribution in [0, 0.1) is 5.82 Å². The standard InChI is InChI=1S/C20H17FN2O4/c21-14-3-7-16(8-4-14)26-12-17-9-10-18(27-17)20(25)23-15-5-1-13(2-6-15)11-19(22)24/h1-10H,11-12H2,(H2,22,24)(H,23,25). The van der Waals surface area contributed by atoms with Gasteiger partial charge in [-0.05, 0) is 54.1 Å². The summed E-state index contributed by atoms with van der Waals surface area (Å²) in [5.41, 5.74) is 6.47. The summed E-state index contributed by atoms with van der Waals surface area (Å²) < 4.78 is 23.8. The molecule has 138 valence electrons. The lowest BCUT2D eigenvalue weighted by Gasteiger charge is -2.05. The van der Waals surface area contributed by atoms with Crippen molar-refractivity contribution in [3.63, 3.8) is 0 Å². The molecule has 6 nitrogen and oxygen atoms in total. The maximum atomic E-state index is 12.9. The van der Waals surface area contributed by atoms with Crippen LogP contribution in [0.3, 0.4) is 0 Å². The van der Waals surface area contributed by atoms with Gasteiger partial charge >= 0.3 is 0 Å². The fourth-order valence-corrected chi connectivity index (χ4v) is 2.36. The van der Waals surface area contributed by atoms with E-state index < -0.39 is 11.8 Å². The Kier molecular flexibility index (Phi) is 5.51. The quantitative estimate of drug-likeness (QED) is 0.669. The van der Waals surface area contributed by atoms with Crippen LogP contribution in [0.15, 0.2) is 65.1 Å². The van der Waals surface area contributed by atoms with Crippen LogP contribution in [-0.2, 0) is 17.8 Å². The molecule has 1 heterocycles. The number of halogens is 1. The zero-order valence-corrected chi connectivity index (χ0v) is 14.3. The minimum Gasteiger partial charge on any atom is -0.486 e. The molecule has 0 spiro atoms. The van der Waals surface area contributed by atoms with Gasteiger partial charge in [0.2, 0.25) is 5.91 Å². The number of amides is 2. The zero-order chi connectivity index (χ0) is 19.2. The first-order chi connectivity index (χ1) is 13.0. The summed E-state index contributed by atoms with van der Waals surface area (Å²) in [6.45, 7) is 0.112. The van der Waals surface area contributed by atoms with Gasteiger partial charge in [0.15, 0.2) is 5.76 Å². The summed E-state index contributed by atoms with van der Waals surface area (Å²) in [6.07, 6.45) is 0.143. The van der Waals surface area contributed by atoms with Crippen molar-refractivity contribution in [1.29, 1.82) is 0 Å². The lowest BCUT2D eigenvalue weighted by atomic mass is 10.1. The van der Waals surface area contributed by atoms with E-state index in [1.54, 1.807) is 36.4 Å². The first kappa shape index (κ1) is 18.2. The first-order valence-corrected chi connectivity index (χ1v) is 8.15. The number of primary amides is 1. The molecule has 27 heavy (non-hydrogen) atoms. The minimum atomic E-state index is -0.419. The number of hydrogen-bond acceptors (Lipinski definition) is 4. The molecule has 0 aliphatic carbocycles. The highest BCUT2D eigenvalue weighted by atomic mass is 19.1. The van der Waals surface area contributed by atoms with Crippen LogP contribution in [0.4, 0.5) is 10.1 Å². The first-order valence-electron chi connectivity index (χ1n) is 8.15. The van der Waals surface area contributed by atoms with Crippen molar-refractivity contribution in [3.05, 3.63) is 83.6 Å². The molecule has 0 bridgehead atoms. The molecule has 3 N–H and O–H groups in total. The van der Waals surface area contributed by atoms with Crippen LogP contribution in [-0.4, -0.2) is 11.8 Å². The molecule has 0 saturated carbocycles. The summed E-state index contributed by atoms with van der Waals surface area (Å²) >= 11 is 0. The normalized spacial score (nSPS) is 10.4. The van der Waals surface area contributed by atoms with Crippen LogP contribution >= 0.6 is 0 Å². The molecule has 2 amide bonds. The molecule has 0 aliphatic rings. The fraction of sp³-hybridized carbons (Fsp3) is 0.100. The summed E-state index contributed by atoms with van der Waals surface area (Å²) in [4.78, 5) is 23.1. The van der Waals surface area contributed by atoms with Gasteiger partial charge in [0.1, 0.15) is 23.9 Å². The summed E-state index contributed by atoms with van der Waals surface area (Å²) in [5, 5.41) is 2.70. The van der Waals surface area contributed by atoms with E-state index in [0.717, 1.165) is 5.56 Å². The number of carbonyl (C=O) groups excluding carboxylic acids is 2. The Morgan fingerprint density at radius 1 is 1.00 bits per heavy atom. The molecule has 0 unspecified atom stereocenters. The number of hydrogen-bond donors (Lipinski definition) is 2. The van der Waals surface area contributed by atoms with Crippen molar-refractivity contribution >= 4 is 17.5 Å². The Morgan fingerprint density at radius 2 is 1.70 bits per heavy atom. The average molecular weight is 368 g/mol. The number of furan rings is 1. The maximum Gasteiger partial charge on any atom is 0.291 e. The van der Waals surface area contributed by atoms with Gasteiger partial charge in [-0.25, -0.2) is 4.39 Å². The number of carbonyl (C=O) groups is 2. The van der Waals surface area contributed by atoms with Crippen LogP contribution in [0.2, 0.25) is 0 Å². The molecular weight excluding hydrogens is 351 g/mol. The predicted molar refractivity (Wildman–Crippen MR) is 96.7 cm³/mol. The van der Waals surface area contributed by atoms with Crippen molar-refractivity contribution in [2.75, 3.05) is 5.32 Å². The highest BCUT2D eigenvalue weighted by Crippen LogP contribution is 2.17. The summed E-state index contributed by atoms with van der Waals surface area (Å²) in [6, 6.07) is 15.6. The molecule has 0 atom stereocenters. The van der Waals surface area contributed by atoms with Gasteiger partial charge in [0.05, 0.1) is 6.42 Å². The SMILES string of the molecule is NC(=O)Cc1ccc(NC(=O)c2ccc(COc3ccc(F)cc3)o2)cc1. The maximum absolute atomic E-state index is 12.9. The largest absolute Gasteiger partial charge is 0.486 e. The number of ether oxygens (including phenoxy) is 1. The lowest BCUT2D eigenvalue weighted by molar-refractivity contribution is -0.117. The van der Waals surface area contributed by atoms with E-state index in [9.17, 15) is 14.0 Å². The van der Waals surface area contributed by atoms with Crippen LogP contribution < -0.4 is 15.8 Å². The van der Waals surface area contributed by atoms with E-state index in [4.69, 9.17) is 14.9 Å². The molecule has 3 aromatic rings. The van der Waals surface area contributed by atoms with E-state index >= 15 is 0 Å². The van der Waals surface area contributed by atoms with E-state index in [0.29, 0.717) is 17.2 Å². The summed E-state index contributed by atoms with van der Waals surface area (Å²) in [7, 11) is 0. The minimum absolute atomic E-state index is 0.112. The van der Waals surface area contributed by atoms with Crippen molar-refractivity contribution < 1.29 is 23.1 Å². The van der Waals surface area contributed by atoms with Crippen molar-refractivity contribution in [2.45, 2.75) is 13.0 Å². The van der Waals surface area contributed by atoms with Crippen molar-refractivity contribution in [2.24, 2.45) is 5.73 Å². The highest BCUT2D eigenvalue weighted by molar-refractivity contribution is 6.02. The fourth-order valence-electron chi connectivity index (χ4n) is 2.36. The molecule has 0 saturated heterocycles. The van der Waals surface area contributed by atoms with Gasteiger partial charge in [-0.15, -0.1) is 0 Å². The van der Waals surface area contributed by atoms with Crippen LogP contribution in [0.1, 0.15) is 21.9 Å². The molecule has 1 aromatic heterocycles. The molecular formula is C20H17FN2O4. The summed E-state index contributed by atoms with van der Waals surface area (Å²) in [5.74, 6) is -0.0875. The van der Waals surface area contributed by atoms with Gasteiger partial charge in [0, 0.05) is 5.69 Å². The van der Waals surface area contributed by atoms with Gasteiger partial charge in [-0.2, -0.15) is 0 Å². The number of nitrogens with one attached hydrogen (secondary N) is 1. The Hall–Kier alpha value is -3.61. The third-order valence-corrected chi connectivity index (χ3v) is 3.67. The third kappa shape index (κ3) is 5.18. The smallest absolute Gasteiger partial charge is 0.291 e. The van der Waals surface area contributed by atoms with Gasteiger partial charge in [0.25, 0.3) is 5.91 Å². The van der Waals surface area contributed by atoms with E-state index in [2.05, 4.69) is 5.32 Å². The molecule has 0 radical (unpaired) electrons. The monoisotopic (exact) mass is 368 g/mol. The van der Waals surface area contributed by atoms with Gasteiger partial charge in [-0.3, -0.25) is 9.59 Å². The van der Waals surface area contributed by atoms with E-state index in [1.807, 2.05) is 0 Å². The van der Waals surface area contributed by atoms with Gasteiger partial charge in [-0.1, -0.05) is 12.1 Å². The van der Waals surface area contributed by atoms with Gasteiger partial charge < -0.3 is 20.2 Å². The molecule has 3 rings (SSSR count). The molecule has 0 aliphatic heterocycles. The second-order valence-electron chi connectivity index (χ2n) is 5.80. The molecule has 2 aromatic carbocycles. The Morgan fingerprint density at radius 3 is 2.37 bits per heavy atom. The predicted octanol–water partition coefficient (Wildman–Crippen LogP) is 3.28. The Bertz CT molecular complexity index is 933. The average Bonchev–Trinajstić information content (AvgIpc) is 3.12. The number of nitrogens with two attached hydrogens (primary N) is 1. The highest BCUT2D eigenvalue weighted by Gasteiger charge is 2.12. The Labute approximate surface area is 154 Å². The second kappa shape index (κ2) is 8.18. The Balaban J connectivity index is 1.56. The van der Waals surface area contributed by atoms with E-state index in [-0.39, 0.29) is 24.6 Å². The molecule has 0 fully saturated rings. The van der Waals surface area contributed by atoms with Crippen LogP contribution in [0.5, 0.6) is 5.75 Å². The lowest BCUT2D eigenvalue weighted by Crippen LogP contribution is -2.14. The number of rotatable bonds is 7. The third-order valence-electron chi connectivity index (χ3n) is 3.67. The topological polar surface area (TPSA) is 94.6 Å². The second-order valence-corrected chi connectivity index (χ2v) is 5.80. The van der Waals surface area contributed by atoms with Crippen LogP contribution in [0.25, 0.3) is 0 Å². The van der Waals surface area contributed by atoms with Crippen molar-refractivity contribution in [3.8, 4) is 5.75 Å². The number of benzene rings is 2. The zero-order valence-electron chi connectivity index (χ0n) is 14.3. The van der Waals surface area contributed by atoms with E-state index in [1.165, 1.54) is 24.3 Å². The molecule has 7 heteroatoms. The van der Waals surface area contributed by atoms with Crippen molar-refractivity contribution in [1.82, 2.24) is 0 Å². The number of anilines is 1.